The van der Waals surface area contributed by atoms with E-state index in [1.54, 1.807) is 23.1 Å². The van der Waals surface area contributed by atoms with Gasteiger partial charge in [-0.2, -0.15) is 0 Å². The van der Waals surface area contributed by atoms with E-state index in [0.29, 0.717) is 18.7 Å². The van der Waals surface area contributed by atoms with E-state index in [1.807, 2.05) is 0 Å². The van der Waals surface area contributed by atoms with Crippen LogP contribution in [0.4, 0.5) is 4.79 Å². The molecule has 2 rings (SSSR count). The van der Waals surface area contributed by atoms with E-state index in [9.17, 15) is 13.2 Å². The highest BCUT2D eigenvalue weighted by Crippen LogP contribution is 2.20. The van der Waals surface area contributed by atoms with Gasteiger partial charge in [0.05, 0.1) is 4.90 Å². The topological polar surface area (TPSA) is 95.7 Å². The summed E-state index contributed by atoms with van der Waals surface area (Å²) in [5.41, 5.74) is 0.626. The van der Waals surface area contributed by atoms with Crippen LogP contribution in [-0.4, -0.2) is 56.0 Å². The molecule has 1 aromatic carbocycles. The summed E-state index contributed by atoms with van der Waals surface area (Å²) in [6.45, 7) is 9.72. The maximum absolute atomic E-state index is 12.4. The lowest BCUT2D eigenvalue weighted by Crippen LogP contribution is -2.57. The lowest BCUT2D eigenvalue weighted by Gasteiger charge is -2.43. The van der Waals surface area contributed by atoms with Gasteiger partial charge in [-0.05, 0) is 31.9 Å². The van der Waals surface area contributed by atoms with Crippen LogP contribution in [0.25, 0.3) is 0 Å². The molecule has 8 heteroatoms. The van der Waals surface area contributed by atoms with Gasteiger partial charge in [-0.25, -0.2) is 18.4 Å². The summed E-state index contributed by atoms with van der Waals surface area (Å²) in [4.78, 5) is 16.6. The fourth-order valence-corrected chi connectivity index (χ4v) is 3.72. The maximum Gasteiger partial charge on any atom is 0.317 e. The number of benzene rings is 1. The fraction of sp³-hybridized carbons (Fsp3) is 0.588. The van der Waals surface area contributed by atoms with E-state index >= 15 is 0 Å². The Morgan fingerprint density at radius 3 is 2.36 bits per heavy atom. The lowest BCUT2D eigenvalue weighted by molar-refractivity contribution is 0.0614. The summed E-state index contributed by atoms with van der Waals surface area (Å²) in [6.07, 6.45) is 1.06. The molecular formula is C17H28N4O3S. The van der Waals surface area contributed by atoms with Crippen LogP contribution in [-0.2, 0) is 16.6 Å². The van der Waals surface area contributed by atoms with Crippen LogP contribution in [0.2, 0.25) is 0 Å². The summed E-state index contributed by atoms with van der Waals surface area (Å²) in [7, 11) is -3.80. The van der Waals surface area contributed by atoms with Gasteiger partial charge in [0.2, 0.25) is 10.0 Å². The zero-order valence-corrected chi connectivity index (χ0v) is 16.0. The Morgan fingerprint density at radius 1 is 1.20 bits per heavy atom. The molecule has 3 N–H and O–H groups in total. The maximum atomic E-state index is 12.4. The first kappa shape index (κ1) is 19.7. The van der Waals surface area contributed by atoms with Crippen LogP contribution in [0.1, 0.15) is 32.8 Å². The Balaban J connectivity index is 1.93. The monoisotopic (exact) mass is 368 g/mol. The summed E-state index contributed by atoms with van der Waals surface area (Å²) in [5, 5.41) is 8.02. The Morgan fingerprint density at radius 2 is 1.80 bits per heavy atom. The highest BCUT2D eigenvalue weighted by Gasteiger charge is 2.29. The molecule has 0 saturated carbocycles. The van der Waals surface area contributed by atoms with Gasteiger partial charge in [0, 0.05) is 38.3 Å². The normalized spacial score (nSPS) is 16.7. The van der Waals surface area contributed by atoms with Crippen molar-refractivity contribution in [3.05, 3.63) is 29.8 Å². The van der Waals surface area contributed by atoms with Gasteiger partial charge in [0.25, 0.3) is 0 Å². The van der Waals surface area contributed by atoms with Gasteiger partial charge in [-0.3, -0.25) is 4.90 Å². The summed E-state index contributed by atoms with van der Waals surface area (Å²) >= 11 is 0. The van der Waals surface area contributed by atoms with Crippen LogP contribution < -0.4 is 10.5 Å². The number of piperazine rings is 1. The predicted octanol–water partition coefficient (Wildman–Crippen LogP) is 1.35. The average Bonchev–Trinajstić information content (AvgIpc) is 2.59. The van der Waals surface area contributed by atoms with Crippen LogP contribution in [0, 0.1) is 0 Å². The van der Waals surface area contributed by atoms with Crippen molar-refractivity contribution in [3.8, 4) is 0 Å². The number of sulfonamides is 1. The number of rotatable bonds is 5. The van der Waals surface area contributed by atoms with Gasteiger partial charge in [-0.15, -0.1) is 0 Å². The smallest absolute Gasteiger partial charge is 0.317 e. The minimum absolute atomic E-state index is 0.0461. The Kier molecular flexibility index (Phi) is 6.08. The average molecular weight is 369 g/mol. The van der Waals surface area contributed by atoms with E-state index in [-0.39, 0.29) is 23.0 Å². The number of nitrogens with two attached hydrogens (primary N) is 1. The largest absolute Gasteiger partial charge is 0.334 e. The Bertz CT molecular complexity index is 710. The van der Waals surface area contributed by atoms with E-state index in [0.717, 1.165) is 19.5 Å². The molecule has 2 amide bonds. The number of carbonyl (C=O) groups is 1. The molecule has 1 aliphatic heterocycles. The molecule has 0 atom stereocenters. The first-order valence-corrected chi connectivity index (χ1v) is 10.1. The molecule has 0 aliphatic carbocycles. The second-order valence-corrected chi connectivity index (χ2v) is 8.48. The van der Waals surface area contributed by atoms with Crippen LogP contribution in [0.3, 0.4) is 0 Å². The van der Waals surface area contributed by atoms with Crippen molar-refractivity contribution < 1.29 is 13.2 Å². The molecule has 0 radical (unpaired) electrons. The van der Waals surface area contributed by atoms with Crippen molar-refractivity contribution in [3.63, 3.8) is 0 Å². The molecule has 1 fully saturated rings. The second kappa shape index (κ2) is 7.72. The van der Waals surface area contributed by atoms with Gasteiger partial charge in [-0.1, -0.05) is 25.1 Å². The van der Waals surface area contributed by atoms with Crippen LogP contribution >= 0.6 is 0 Å². The zero-order chi connectivity index (χ0) is 18.7. The number of amides is 2. The van der Waals surface area contributed by atoms with Crippen molar-refractivity contribution >= 4 is 16.1 Å². The van der Waals surface area contributed by atoms with E-state index in [1.165, 1.54) is 6.07 Å². The summed E-state index contributed by atoms with van der Waals surface area (Å²) < 4.78 is 23.2. The number of primary sulfonamides is 1. The summed E-state index contributed by atoms with van der Waals surface area (Å²) in [5.74, 6) is 0. The molecule has 1 heterocycles. The van der Waals surface area contributed by atoms with Crippen LogP contribution in [0.15, 0.2) is 29.2 Å². The predicted molar refractivity (Wildman–Crippen MR) is 97.6 cm³/mol. The van der Waals surface area contributed by atoms with Crippen molar-refractivity contribution in [1.29, 1.82) is 0 Å². The molecule has 25 heavy (non-hydrogen) atoms. The van der Waals surface area contributed by atoms with Gasteiger partial charge in [0.15, 0.2) is 0 Å². The molecule has 0 spiro atoms. The fourth-order valence-electron chi connectivity index (χ4n) is 2.95. The first-order valence-electron chi connectivity index (χ1n) is 8.53. The molecule has 1 saturated heterocycles. The van der Waals surface area contributed by atoms with Crippen molar-refractivity contribution in [2.75, 3.05) is 26.2 Å². The third-order valence-electron chi connectivity index (χ3n) is 5.00. The number of hydrogen-bond donors (Lipinski definition) is 2. The number of hydrogen-bond acceptors (Lipinski definition) is 4. The SMILES string of the molecule is CCC(C)(C)N1CCN(C(=O)NCc2ccccc2S(N)(=O)=O)CC1. The lowest BCUT2D eigenvalue weighted by atomic mass is 9.98. The highest BCUT2D eigenvalue weighted by atomic mass is 32.2. The number of urea groups is 1. The minimum Gasteiger partial charge on any atom is -0.334 e. The van der Waals surface area contributed by atoms with Crippen molar-refractivity contribution in [2.45, 2.75) is 44.2 Å². The van der Waals surface area contributed by atoms with E-state index in [4.69, 9.17) is 5.14 Å². The van der Waals surface area contributed by atoms with Gasteiger partial charge >= 0.3 is 6.03 Å². The van der Waals surface area contributed by atoms with Gasteiger partial charge < -0.3 is 10.2 Å². The molecule has 0 unspecified atom stereocenters. The summed E-state index contributed by atoms with van der Waals surface area (Å²) in [6, 6.07) is 6.25. The number of carbonyl (C=O) groups excluding carboxylic acids is 1. The highest BCUT2D eigenvalue weighted by molar-refractivity contribution is 7.89. The molecule has 0 aromatic heterocycles. The molecule has 7 nitrogen and oxygen atoms in total. The molecule has 140 valence electrons. The molecule has 0 bridgehead atoms. The Hall–Kier alpha value is -1.64. The molecular weight excluding hydrogens is 340 g/mol. The minimum atomic E-state index is -3.80. The molecule has 1 aromatic rings. The standard InChI is InChI=1S/C17H28N4O3S/c1-4-17(2,3)21-11-9-20(10-12-21)16(22)19-13-14-7-5-6-8-15(14)25(18,23)24/h5-8H,4,9-13H2,1-3H3,(H,19,22)(H2,18,23,24). The van der Waals surface area contributed by atoms with Crippen molar-refractivity contribution in [2.24, 2.45) is 5.14 Å². The van der Waals surface area contributed by atoms with E-state index < -0.39 is 10.0 Å². The van der Waals surface area contributed by atoms with Gasteiger partial charge in [0.1, 0.15) is 0 Å². The van der Waals surface area contributed by atoms with Crippen LogP contribution in [0.5, 0.6) is 0 Å². The number of nitrogens with zero attached hydrogens (tertiary/aromatic N) is 2. The Labute approximate surface area is 150 Å². The third-order valence-corrected chi connectivity index (χ3v) is 6.01. The zero-order valence-electron chi connectivity index (χ0n) is 15.2. The van der Waals surface area contributed by atoms with Crippen molar-refractivity contribution in [1.82, 2.24) is 15.1 Å². The first-order chi connectivity index (χ1) is 11.6. The molecule has 1 aliphatic rings. The second-order valence-electron chi connectivity index (χ2n) is 6.95. The quantitative estimate of drug-likeness (QED) is 0.820. The van der Waals surface area contributed by atoms with E-state index in [2.05, 4.69) is 31.0 Å². The number of nitrogens with one attached hydrogen (secondary N) is 1. The third kappa shape index (κ3) is 4.93.